The number of hydrogen-bond donors (Lipinski definition) is 2. The van der Waals surface area contributed by atoms with Crippen molar-refractivity contribution in [2.45, 2.75) is 44.6 Å². The van der Waals surface area contributed by atoms with Crippen molar-refractivity contribution in [3.8, 4) is 0 Å². The first kappa shape index (κ1) is 15.7. The molecule has 2 fully saturated rings. The summed E-state index contributed by atoms with van der Waals surface area (Å²) in [7, 11) is 0. The van der Waals surface area contributed by atoms with E-state index in [-0.39, 0.29) is 24.2 Å². The molecule has 2 aliphatic heterocycles. The lowest BCUT2D eigenvalue weighted by Gasteiger charge is -2.24. The summed E-state index contributed by atoms with van der Waals surface area (Å²) < 4.78 is 5.64. The second-order valence-electron chi connectivity index (χ2n) is 5.11. The van der Waals surface area contributed by atoms with Gasteiger partial charge in [-0.2, -0.15) is 0 Å². The molecule has 5 heteroatoms. The topological polar surface area (TPSA) is 50.4 Å². The molecule has 2 rings (SSSR count). The molecule has 2 heterocycles. The average Bonchev–Trinajstić information content (AvgIpc) is 2.41. The summed E-state index contributed by atoms with van der Waals surface area (Å²) in [5.41, 5.74) is 0. The Bertz CT molecular complexity index is 239. The smallest absolute Gasteiger partial charge is 0.224 e. The van der Waals surface area contributed by atoms with Gasteiger partial charge in [0.1, 0.15) is 0 Å². The number of amides is 1. The number of halogens is 1. The molecule has 0 radical (unpaired) electrons. The van der Waals surface area contributed by atoms with E-state index < -0.39 is 0 Å². The van der Waals surface area contributed by atoms with Gasteiger partial charge in [-0.15, -0.1) is 12.4 Å². The van der Waals surface area contributed by atoms with Crippen molar-refractivity contribution in [3.63, 3.8) is 0 Å². The van der Waals surface area contributed by atoms with Gasteiger partial charge in [-0.3, -0.25) is 4.79 Å². The minimum atomic E-state index is 0. The number of carbonyl (C=O) groups is 1. The molecule has 0 aromatic rings. The quantitative estimate of drug-likeness (QED) is 0.818. The molecule has 0 aliphatic carbocycles. The van der Waals surface area contributed by atoms with Crippen molar-refractivity contribution < 1.29 is 9.53 Å². The second kappa shape index (κ2) is 8.73. The van der Waals surface area contributed by atoms with Crippen LogP contribution in [0.15, 0.2) is 0 Å². The Morgan fingerprint density at radius 2 is 2.17 bits per heavy atom. The Balaban J connectivity index is 0.00000162. The number of piperidine rings is 1. The maximum Gasteiger partial charge on any atom is 0.224 e. The zero-order valence-electron chi connectivity index (χ0n) is 11.0. The van der Waals surface area contributed by atoms with Gasteiger partial charge in [-0.1, -0.05) is 0 Å². The van der Waals surface area contributed by atoms with Gasteiger partial charge >= 0.3 is 0 Å². The lowest BCUT2D eigenvalue weighted by molar-refractivity contribution is -0.125. The third kappa shape index (κ3) is 5.12. The zero-order valence-corrected chi connectivity index (χ0v) is 11.8. The van der Waals surface area contributed by atoms with Crippen molar-refractivity contribution in [3.05, 3.63) is 0 Å². The van der Waals surface area contributed by atoms with Crippen LogP contribution < -0.4 is 10.6 Å². The largest absolute Gasteiger partial charge is 0.378 e. The maximum absolute atomic E-state index is 11.8. The van der Waals surface area contributed by atoms with Crippen LogP contribution in [0.25, 0.3) is 0 Å². The molecular weight excluding hydrogens is 252 g/mol. The van der Waals surface area contributed by atoms with Gasteiger partial charge in [0.25, 0.3) is 0 Å². The molecule has 0 bridgehead atoms. The van der Waals surface area contributed by atoms with E-state index in [0.29, 0.717) is 6.10 Å². The van der Waals surface area contributed by atoms with Crippen LogP contribution in [0.5, 0.6) is 0 Å². The zero-order chi connectivity index (χ0) is 11.9. The lowest BCUT2D eigenvalue weighted by atomic mass is 9.99. The standard InChI is InChI=1S/C13H24N2O2.ClH/c16-13(11-4-3-7-14-10-11)15-8-6-12-5-1-2-9-17-12;/h11-12,14H,1-10H2,(H,15,16);1H/t11-,12?;/m1./s1. The normalized spacial score (nSPS) is 28.2. The average molecular weight is 277 g/mol. The first-order valence-electron chi connectivity index (χ1n) is 6.96. The molecule has 0 aromatic carbocycles. The Labute approximate surface area is 116 Å². The van der Waals surface area contributed by atoms with Crippen molar-refractivity contribution >= 4 is 18.3 Å². The third-order valence-corrected chi connectivity index (χ3v) is 3.71. The van der Waals surface area contributed by atoms with Gasteiger partial charge in [-0.25, -0.2) is 0 Å². The monoisotopic (exact) mass is 276 g/mol. The minimum absolute atomic E-state index is 0. The number of hydrogen-bond acceptors (Lipinski definition) is 3. The Morgan fingerprint density at radius 3 is 2.83 bits per heavy atom. The Morgan fingerprint density at radius 1 is 1.28 bits per heavy atom. The molecule has 4 nitrogen and oxygen atoms in total. The summed E-state index contributed by atoms with van der Waals surface area (Å²) >= 11 is 0. The molecule has 18 heavy (non-hydrogen) atoms. The first-order valence-corrected chi connectivity index (χ1v) is 6.96. The lowest BCUT2D eigenvalue weighted by Crippen LogP contribution is -2.41. The summed E-state index contributed by atoms with van der Waals surface area (Å²) in [5.74, 6) is 0.393. The van der Waals surface area contributed by atoms with Crippen LogP contribution in [-0.4, -0.2) is 38.3 Å². The summed E-state index contributed by atoms with van der Waals surface area (Å²) in [5, 5.41) is 6.31. The Hall–Kier alpha value is -0.320. The van der Waals surface area contributed by atoms with Crippen LogP contribution in [0.4, 0.5) is 0 Å². The highest BCUT2D eigenvalue weighted by Crippen LogP contribution is 2.15. The van der Waals surface area contributed by atoms with Crippen molar-refractivity contribution in [1.82, 2.24) is 10.6 Å². The van der Waals surface area contributed by atoms with E-state index in [0.717, 1.165) is 51.9 Å². The fraction of sp³-hybridized carbons (Fsp3) is 0.923. The van der Waals surface area contributed by atoms with Crippen LogP contribution in [-0.2, 0) is 9.53 Å². The summed E-state index contributed by atoms with van der Waals surface area (Å²) in [6.45, 7) is 3.55. The van der Waals surface area contributed by atoms with E-state index in [1.54, 1.807) is 0 Å². The van der Waals surface area contributed by atoms with Gasteiger partial charge in [0.15, 0.2) is 0 Å². The van der Waals surface area contributed by atoms with Gasteiger partial charge in [0, 0.05) is 19.7 Å². The van der Waals surface area contributed by atoms with Gasteiger partial charge < -0.3 is 15.4 Å². The second-order valence-corrected chi connectivity index (χ2v) is 5.11. The highest BCUT2D eigenvalue weighted by molar-refractivity contribution is 5.85. The van der Waals surface area contributed by atoms with Crippen molar-refractivity contribution in [2.75, 3.05) is 26.2 Å². The molecule has 0 saturated carbocycles. The SMILES string of the molecule is Cl.O=C(NCCC1CCCCO1)[C@@H]1CCCNC1. The van der Waals surface area contributed by atoms with Gasteiger partial charge in [0.2, 0.25) is 5.91 Å². The highest BCUT2D eigenvalue weighted by atomic mass is 35.5. The molecule has 2 aliphatic rings. The predicted octanol–water partition coefficient (Wildman–Crippen LogP) is 1.48. The molecule has 106 valence electrons. The number of ether oxygens (including phenoxy) is 1. The maximum atomic E-state index is 11.8. The fourth-order valence-electron chi connectivity index (χ4n) is 2.61. The van der Waals surface area contributed by atoms with E-state index in [1.807, 2.05) is 0 Å². The molecule has 0 aromatic heterocycles. The van der Waals surface area contributed by atoms with E-state index >= 15 is 0 Å². The van der Waals surface area contributed by atoms with Crippen LogP contribution in [0.1, 0.15) is 38.5 Å². The van der Waals surface area contributed by atoms with Crippen LogP contribution in [0.2, 0.25) is 0 Å². The van der Waals surface area contributed by atoms with Crippen molar-refractivity contribution in [2.24, 2.45) is 5.92 Å². The molecule has 0 spiro atoms. The van der Waals surface area contributed by atoms with Crippen LogP contribution >= 0.6 is 12.4 Å². The third-order valence-electron chi connectivity index (χ3n) is 3.71. The van der Waals surface area contributed by atoms with Gasteiger partial charge in [0.05, 0.1) is 12.0 Å². The van der Waals surface area contributed by atoms with Crippen LogP contribution in [0.3, 0.4) is 0 Å². The molecule has 2 N–H and O–H groups in total. The van der Waals surface area contributed by atoms with E-state index in [2.05, 4.69) is 10.6 Å². The molecule has 2 saturated heterocycles. The minimum Gasteiger partial charge on any atom is -0.378 e. The molecule has 1 unspecified atom stereocenters. The number of nitrogens with one attached hydrogen (secondary N) is 2. The van der Waals surface area contributed by atoms with Crippen LogP contribution in [0, 0.1) is 5.92 Å². The number of rotatable bonds is 4. The van der Waals surface area contributed by atoms with Gasteiger partial charge in [-0.05, 0) is 45.1 Å². The molecule has 2 atom stereocenters. The summed E-state index contributed by atoms with van der Waals surface area (Å²) in [6, 6.07) is 0. The Kier molecular flexibility index (Phi) is 7.63. The highest BCUT2D eigenvalue weighted by Gasteiger charge is 2.21. The van der Waals surface area contributed by atoms with E-state index in [4.69, 9.17) is 4.74 Å². The van der Waals surface area contributed by atoms with E-state index in [1.165, 1.54) is 12.8 Å². The first-order chi connectivity index (χ1) is 8.36. The summed E-state index contributed by atoms with van der Waals surface area (Å²) in [4.78, 5) is 11.8. The fourth-order valence-corrected chi connectivity index (χ4v) is 2.61. The van der Waals surface area contributed by atoms with E-state index in [9.17, 15) is 4.79 Å². The predicted molar refractivity (Wildman–Crippen MR) is 74.1 cm³/mol. The number of carbonyl (C=O) groups excluding carboxylic acids is 1. The molecular formula is C13H25ClN2O2. The molecule has 1 amide bonds. The summed E-state index contributed by atoms with van der Waals surface area (Å²) in [6.07, 6.45) is 7.09. The van der Waals surface area contributed by atoms with Crippen molar-refractivity contribution in [1.29, 1.82) is 0 Å².